The van der Waals surface area contributed by atoms with Crippen molar-refractivity contribution >= 4 is 47.5 Å². The first kappa shape index (κ1) is 38.7. The van der Waals surface area contributed by atoms with Crippen LogP contribution in [0.1, 0.15) is 58.9 Å². The van der Waals surface area contributed by atoms with Crippen LogP contribution in [-0.4, -0.2) is 86.0 Å². The zero-order valence-electron chi connectivity index (χ0n) is 24.3. The molecule has 1 aromatic rings. The van der Waals surface area contributed by atoms with Gasteiger partial charge in [-0.2, -0.15) is 0 Å². The first-order valence-electron chi connectivity index (χ1n) is 13.5. The molecule has 0 aromatic heterocycles. The maximum Gasteiger partial charge on any atom is 0.306 e. The zero-order chi connectivity index (χ0) is 30.8. The molecule has 1 aliphatic heterocycles. The number of methoxy groups -OCH3 is 1. The number of Topliss-reactive ketones (excluding diaryl/α,β-unsaturated/α-hetero) is 1. The summed E-state index contributed by atoms with van der Waals surface area (Å²) in [5, 5.41) is 7.29. The Bertz CT molecular complexity index is 879. The van der Waals surface area contributed by atoms with Crippen molar-refractivity contribution in [3.63, 3.8) is 0 Å². The van der Waals surface area contributed by atoms with Crippen LogP contribution < -0.4 is 16.0 Å². The topological polar surface area (TPSA) is 151 Å². The van der Waals surface area contributed by atoms with Crippen LogP contribution in [-0.2, 0) is 39.9 Å². The zero-order valence-corrected chi connectivity index (χ0v) is 25.1. The normalized spacial score (nSPS) is 11.9. The van der Waals surface area contributed by atoms with Crippen molar-refractivity contribution in [2.45, 2.75) is 65.8 Å². The molecule has 1 aromatic carbocycles. The van der Waals surface area contributed by atoms with Gasteiger partial charge in [-0.25, -0.2) is 0 Å². The number of nitrogens with one attached hydrogen (secondary N) is 3. The lowest BCUT2D eigenvalue weighted by Gasteiger charge is -2.16. The number of carbonyl (C=O) groups is 6. The van der Waals surface area contributed by atoms with Crippen LogP contribution in [0.25, 0.3) is 0 Å². The average Bonchev–Trinajstić information content (AvgIpc) is 3.55. The van der Waals surface area contributed by atoms with E-state index >= 15 is 0 Å². The van der Waals surface area contributed by atoms with Crippen LogP contribution in [0, 0.1) is 0 Å². The van der Waals surface area contributed by atoms with Gasteiger partial charge in [-0.1, -0.05) is 58.0 Å². The van der Waals surface area contributed by atoms with Crippen molar-refractivity contribution in [1.82, 2.24) is 20.9 Å². The quantitative estimate of drug-likeness (QED) is 0.182. The molecule has 12 heteroatoms. The molecule has 2 rings (SSSR count). The molecule has 1 atom stereocenters. The van der Waals surface area contributed by atoms with Crippen molar-refractivity contribution in [3.05, 3.63) is 35.9 Å². The van der Waals surface area contributed by atoms with Gasteiger partial charge < -0.3 is 25.6 Å². The molecule has 1 heterocycles. The number of rotatable bonds is 13. The standard InChI is InChI=1S/C13H15ClN2O3.C11H18N2O4.2C2H6/c14-7-12(18)11(16-13(19)8-15-9-17)6-10-4-2-1-3-5-10;1-17-11(16)5-4-9(14)12-8-10(15)13-6-2-3-7-13;2*1-2/h1-5,9,11H,6-8H2,(H,15,17)(H,16,19);2-8H2,1H3,(H,12,14);2*1-2H3/t11-;;;/m0.../s1. The molecule has 1 fully saturated rings. The summed E-state index contributed by atoms with van der Waals surface area (Å²) in [6.45, 7) is 9.40. The highest BCUT2D eigenvalue weighted by atomic mass is 35.5. The Morgan fingerprint density at radius 3 is 2.08 bits per heavy atom. The van der Waals surface area contributed by atoms with Gasteiger partial charge in [0, 0.05) is 19.5 Å². The molecule has 0 spiro atoms. The third-order valence-corrected chi connectivity index (χ3v) is 5.43. The van der Waals surface area contributed by atoms with Crippen molar-refractivity contribution in [2.24, 2.45) is 0 Å². The molecule has 3 N–H and O–H groups in total. The predicted octanol–water partition coefficient (Wildman–Crippen LogP) is 2.00. The van der Waals surface area contributed by atoms with Crippen molar-refractivity contribution in [3.8, 4) is 0 Å². The number of alkyl halides is 1. The van der Waals surface area contributed by atoms with E-state index in [1.807, 2.05) is 58.0 Å². The van der Waals surface area contributed by atoms with E-state index in [9.17, 15) is 28.8 Å². The monoisotopic (exact) mass is 584 g/mol. The summed E-state index contributed by atoms with van der Waals surface area (Å²) in [5.41, 5.74) is 0.926. The van der Waals surface area contributed by atoms with Gasteiger partial charge in [0.15, 0.2) is 5.78 Å². The number of ether oxygens (including phenoxy) is 1. The lowest BCUT2D eigenvalue weighted by molar-refractivity contribution is -0.142. The number of amides is 4. The Hall–Kier alpha value is -3.47. The molecule has 0 unspecified atom stereocenters. The number of carbonyl (C=O) groups excluding carboxylic acids is 6. The number of hydrogen-bond acceptors (Lipinski definition) is 7. The lowest BCUT2D eigenvalue weighted by Crippen LogP contribution is -2.46. The number of halogens is 1. The Morgan fingerprint density at radius 2 is 1.55 bits per heavy atom. The molecule has 4 amide bonds. The van der Waals surface area contributed by atoms with Gasteiger partial charge in [0.25, 0.3) is 0 Å². The fourth-order valence-corrected chi connectivity index (χ4v) is 3.41. The van der Waals surface area contributed by atoms with Crippen LogP contribution >= 0.6 is 11.6 Å². The molecule has 1 saturated heterocycles. The van der Waals surface area contributed by atoms with E-state index < -0.39 is 17.9 Å². The van der Waals surface area contributed by atoms with Gasteiger partial charge in [-0.05, 0) is 24.8 Å². The van der Waals surface area contributed by atoms with E-state index in [0.717, 1.165) is 31.5 Å². The van der Waals surface area contributed by atoms with E-state index in [4.69, 9.17) is 11.6 Å². The van der Waals surface area contributed by atoms with E-state index in [0.29, 0.717) is 12.8 Å². The molecule has 226 valence electrons. The summed E-state index contributed by atoms with van der Waals surface area (Å²) in [4.78, 5) is 68.7. The summed E-state index contributed by atoms with van der Waals surface area (Å²) in [7, 11) is 1.27. The molecule has 0 saturated carbocycles. The highest BCUT2D eigenvalue weighted by Crippen LogP contribution is 2.07. The Balaban J connectivity index is 0. The Kier molecular flexibility index (Phi) is 24.9. The van der Waals surface area contributed by atoms with Crippen LogP contribution in [0.3, 0.4) is 0 Å². The van der Waals surface area contributed by atoms with Gasteiger partial charge in [-0.15, -0.1) is 11.6 Å². The minimum Gasteiger partial charge on any atom is -0.469 e. The second-order valence-electron chi connectivity index (χ2n) is 7.85. The summed E-state index contributed by atoms with van der Waals surface area (Å²) in [6, 6.07) is 8.63. The minimum atomic E-state index is -0.680. The molecule has 11 nitrogen and oxygen atoms in total. The lowest BCUT2D eigenvalue weighted by atomic mass is 10.0. The van der Waals surface area contributed by atoms with Crippen LogP contribution in [0.2, 0.25) is 0 Å². The maximum atomic E-state index is 11.7. The van der Waals surface area contributed by atoms with Gasteiger partial charge in [0.05, 0.1) is 38.5 Å². The summed E-state index contributed by atoms with van der Waals surface area (Å²) in [6.07, 6.45) is 2.96. The summed E-state index contributed by atoms with van der Waals surface area (Å²) in [5.74, 6) is -1.64. The molecule has 0 radical (unpaired) electrons. The van der Waals surface area contributed by atoms with Crippen LogP contribution in [0.4, 0.5) is 0 Å². The van der Waals surface area contributed by atoms with E-state index in [1.165, 1.54) is 7.11 Å². The van der Waals surface area contributed by atoms with Gasteiger partial charge >= 0.3 is 5.97 Å². The van der Waals surface area contributed by atoms with Gasteiger partial charge in [0.2, 0.25) is 24.1 Å². The minimum absolute atomic E-state index is 0.0139. The van der Waals surface area contributed by atoms with E-state index in [1.54, 1.807) is 4.90 Å². The second-order valence-corrected chi connectivity index (χ2v) is 8.12. The summed E-state index contributed by atoms with van der Waals surface area (Å²) >= 11 is 5.53. The number of ketones is 1. The average molecular weight is 585 g/mol. The third-order valence-electron chi connectivity index (χ3n) is 5.16. The molecular weight excluding hydrogens is 540 g/mol. The molecule has 0 aliphatic carbocycles. The molecular formula is C28H45ClN4O7. The largest absolute Gasteiger partial charge is 0.469 e. The molecule has 1 aliphatic rings. The van der Waals surface area contributed by atoms with Crippen molar-refractivity contribution < 1.29 is 33.5 Å². The van der Waals surface area contributed by atoms with Crippen LogP contribution in [0.15, 0.2) is 30.3 Å². The smallest absolute Gasteiger partial charge is 0.306 e. The highest BCUT2D eigenvalue weighted by molar-refractivity contribution is 6.28. The fraction of sp³-hybridized carbons (Fsp3) is 0.571. The third kappa shape index (κ3) is 18.7. The summed E-state index contributed by atoms with van der Waals surface area (Å²) < 4.78 is 4.41. The predicted molar refractivity (Wildman–Crippen MR) is 155 cm³/mol. The van der Waals surface area contributed by atoms with Gasteiger partial charge in [-0.3, -0.25) is 28.8 Å². The van der Waals surface area contributed by atoms with Crippen molar-refractivity contribution in [1.29, 1.82) is 0 Å². The first-order valence-corrected chi connectivity index (χ1v) is 14.0. The Labute approximate surface area is 242 Å². The van der Waals surface area contributed by atoms with Gasteiger partial charge in [0.1, 0.15) is 0 Å². The SMILES string of the molecule is CC.CC.COC(=O)CCC(=O)NCC(=O)N1CCCC1.O=CNCC(=O)N[C@@H](Cc1ccccc1)C(=O)CCl. The van der Waals surface area contributed by atoms with Crippen LogP contribution in [0.5, 0.6) is 0 Å². The fourth-order valence-electron chi connectivity index (χ4n) is 3.23. The first-order chi connectivity index (χ1) is 19.3. The number of nitrogens with zero attached hydrogens (tertiary/aromatic N) is 1. The van der Waals surface area contributed by atoms with Crippen molar-refractivity contribution in [2.75, 3.05) is 39.2 Å². The number of hydrogen-bond donors (Lipinski definition) is 3. The van der Waals surface area contributed by atoms with E-state index in [-0.39, 0.29) is 49.4 Å². The number of benzene rings is 1. The number of likely N-dealkylation sites (tertiary alicyclic amines) is 1. The van der Waals surface area contributed by atoms with E-state index in [2.05, 4.69) is 20.7 Å². The Morgan fingerprint density at radius 1 is 0.950 bits per heavy atom. The maximum absolute atomic E-state index is 11.7. The molecule has 0 bridgehead atoms. The highest BCUT2D eigenvalue weighted by Gasteiger charge is 2.20. The number of esters is 1. The second kappa shape index (κ2) is 25.8. The molecule has 40 heavy (non-hydrogen) atoms.